The molecule has 0 amide bonds. The van der Waals surface area contributed by atoms with Gasteiger partial charge in [-0.3, -0.25) is 10.1 Å². The van der Waals surface area contributed by atoms with Crippen molar-refractivity contribution in [2.75, 3.05) is 0 Å². The topological polar surface area (TPSA) is 102 Å². The minimum Gasteiger partial charge on any atom is -0.440 e. The molecule has 1 aliphatic heterocycles. The Morgan fingerprint density at radius 3 is 2.70 bits per heavy atom. The molecule has 0 saturated heterocycles. The van der Waals surface area contributed by atoms with E-state index in [0.29, 0.717) is 11.3 Å². The van der Waals surface area contributed by atoms with Crippen LogP contribution in [0, 0.1) is 21.4 Å². The average molecular weight is 378 g/mol. The van der Waals surface area contributed by atoms with Crippen LogP contribution in [-0.2, 0) is 0 Å². The summed E-state index contributed by atoms with van der Waals surface area (Å²) in [6, 6.07) is 18.0. The number of rotatable bonds is 2. The first-order valence-electron chi connectivity index (χ1n) is 8.04. The van der Waals surface area contributed by atoms with Crippen LogP contribution in [-0.4, -0.2) is 4.92 Å². The van der Waals surface area contributed by atoms with Crippen molar-refractivity contribution < 1.29 is 9.66 Å². The van der Waals surface area contributed by atoms with Crippen molar-refractivity contribution in [3.8, 4) is 11.8 Å². The van der Waals surface area contributed by atoms with Gasteiger partial charge in [-0.05, 0) is 28.5 Å². The second kappa shape index (κ2) is 6.31. The van der Waals surface area contributed by atoms with Crippen LogP contribution in [0.5, 0.6) is 5.75 Å². The Balaban J connectivity index is 2.05. The van der Waals surface area contributed by atoms with Gasteiger partial charge in [0.25, 0.3) is 5.69 Å². The fourth-order valence-corrected chi connectivity index (χ4v) is 3.61. The van der Waals surface area contributed by atoms with Crippen molar-refractivity contribution in [3.63, 3.8) is 0 Å². The monoisotopic (exact) mass is 377 g/mol. The fraction of sp³-hybridized carbons (Fsp3) is 0.0500. The molecule has 7 heteroatoms. The molecule has 0 fully saturated rings. The van der Waals surface area contributed by atoms with Crippen molar-refractivity contribution in [2.24, 2.45) is 5.73 Å². The van der Waals surface area contributed by atoms with E-state index < -0.39 is 10.8 Å². The Hall–Kier alpha value is -3.56. The van der Waals surface area contributed by atoms with E-state index in [4.69, 9.17) is 22.1 Å². The summed E-state index contributed by atoms with van der Waals surface area (Å²) >= 11 is 5.96. The smallest absolute Gasteiger partial charge is 0.288 e. The fourth-order valence-electron chi connectivity index (χ4n) is 3.42. The van der Waals surface area contributed by atoms with Gasteiger partial charge in [0.15, 0.2) is 0 Å². The van der Waals surface area contributed by atoms with Gasteiger partial charge in [0.1, 0.15) is 22.4 Å². The highest BCUT2D eigenvalue weighted by molar-refractivity contribution is 6.32. The predicted octanol–water partition coefficient (Wildman–Crippen LogP) is 4.62. The van der Waals surface area contributed by atoms with Crippen LogP contribution < -0.4 is 10.5 Å². The zero-order valence-corrected chi connectivity index (χ0v) is 14.6. The number of halogens is 1. The Kier molecular flexibility index (Phi) is 3.94. The van der Waals surface area contributed by atoms with Crippen LogP contribution >= 0.6 is 11.6 Å². The lowest BCUT2D eigenvalue weighted by Gasteiger charge is -2.27. The van der Waals surface area contributed by atoms with Crippen molar-refractivity contribution in [1.82, 2.24) is 0 Å². The maximum absolute atomic E-state index is 11.3. The van der Waals surface area contributed by atoms with E-state index in [-0.39, 0.29) is 22.2 Å². The van der Waals surface area contributed by atoms with Gasteiger partial charge in [0, 0.05) is 11.6 Å². The molecule has 27 heavy (non-hydrogen) atoms. The van der Waals surface area contributed by atoms with E-state index in [1.807, 2.05) is 30.3 Å². The largest absolute Gasteiger partial charge is 0.440 e. The minimum absolute atomic E-state index is 0.0112. The summed E-state index contributed by atoms with van der Waals surface area (Å²) in [7, 11) is 0. The molecule has 0 aliphatic carbocycles. The van der Waals surface area contributed by atoms with Gasteiger partial charge in [0.05, 0.1) is 10.8 Å². The Morgan fingerprint density at radius 2 is 1.96 bits per heavy atom. The first kappa shape index (κ1) is 16.9. The molecule has 1 heterocycles. The van der Waals surface area contributed by atoms with E-state index in [2.05, 4.69) is 6.07 Å². The van der Waals surface area contributed by atoms with Gasteiger partial charge < -0.3 is 10.5 Å². The lowest BCUT2D eigenvalue weighted by atomic mass is 9.81. The van der Waals surface area contributed by atoms with Crippen LogP contribution in [0.4, 0.5) is 5.69 Å². The van der Waals surface area contributed by atoms with Crippen molar-refractivity contribution in [1.29, 1.82) is 5.26 Å². The maximum Gasteiger partial charge on any atom is 0.288 e. The molecule has 3 aromatic carbocycles. The first-order valence-corrected chi connectivity index (χ1v) is 8.42. The summed E-state index contributed by atoms with van der Waals surface area (Å²) in [6.45, 7) is 0. The molecule has 3 aromatic rings. The lowest BCUT2D eigenvalue weighted by Crippen LogP contribution is -2.21. The quantitative estimate of drug-likeness (QED) is 0.518. The van der Waals surface area contributed by atoms with E-state index >= 15 is 0 Å². The maximum atomic E-state index is 11.3. The second-order valence-electron chi connectivity index (χ2n) is 6.09. The van der Waals surface area contributed by atoms with E-state index in [0.717, 1.165) is 16.3 Å². The molecule has 0 aromatic heterocycles. The van der Waals surface area contributed by atoms with Crippen LogP contribution in [0.1, 0.15) is 17.0 Å². The Morgan fingerprint density at radius 1 is 1.19 bits per heavy atom. The van der Waals surface area contributed by atoms with Crippen molar-refractivity contribution in [2.45, 2.75) is 5.92 Å². The Labute approximate surface area is 159 Å². The summed E-state index contributed by atoms with van der Waals surface area (Å²) in [6.07, 6.45) is 0. The SMILES string of the molecule is N#CC1=C(N)Oc2ccc3ccccc3c2[C@H]1c1ccc(Cl)c([N+](=O)[O-])c1. The molecular formula is C20H12ClN3O3. The third-order valence-electron chi connectivity index (χ3n) is 4.61. The van der Waals surface area contributed by atoms with E-state index in [9.17, 15) is 15.4 Å². The molecule has 2 N–H and O–H groups in total. The molecular weight excluding hydrogens is 366 g/mol. The molecule has 0 radical (unpaired) electrons. The standard InChI is InChI=1S/C20H12ClN3O3/c21-15-7-5-12(9-16(15)24(25)26)18-14(10-22)20(23)27-17-8-6-11-3-1-2-4-13(11)19(17)18/h1-9,18H,23H2/t18-/m0/s1. The molecule has 6 nitrogen and oxygen atoms in total. The molecule has 0 saturated carbocycles. The van der Waals surface area contributed by atoms with Gasteiger partial charge in [-0.25, -0.2) is 0 Å². The Bertz CT molecular complexity index is 1180. The lowest BCUT2D eigenvalue weighted by molar-refractivity contribution is -0.384. The molecule has 1 atom stereocenters. The van der Waals surface area contributed by atoms with Gasteiger partial charge >= 0.3 is 0 Å². The number of hydrogen-bond donors (Lipinski definition) is 1. The summed E-state index contributed by atoms with van der Waals surface area (Å²) < 4.78 is 5.67. The predicted molar refractivity (Wildman–Crippen MR) is 101 cm³/mol. The number of nitrogens with two attached hydrogens (primary N) is 1. The second-order valence-corrected chi connectivity index (χ2v) is 6.50. The third-order valence-corrected chi connectivity index (χ3v) is 4.93. The number of fused-ring (bicyclic) bond motifs is 3. The number of nitriles is 1. The summed E-state index contributed by atoms with van der Waals surface area (Å²) in [5.74, 6) is -0.0866. The van der Waals surface area contributed by atoms with Crippen LogP contribution in [0.15, 0.2) is 66.1 Å². The van der Waals surface area contributed by atoms with Crippen LogP contribution in [0.25, 0.3) is 10.8 Å². The number of hydrogen-bond acceptors (Lipinski definition) is 5. The van der Waals surface area contributed by atoms with E-state index in [1.54, 1.807) is 12.1 Å². The number of nitro benzene ring substituents is 1. The molecule has 1 aliphatic rings. The third kappa shape index (κ3) is 2.65. The highest BCUT2D eigenvalue weighted by Crippen LogP contribution is 2.46. The summed E-state index contributed by atoms with van der Waals surface area (Å²) in [5, 5.41) is 22.9. The van der Waals surface area contributed by atoms with Gasteiger partial charge in [-0.2, -0.15) is 5.26 Å². The summed E-state index contributed by atoms with van der Waals surface area (Å²) in [5.41, 5.74) is 7.25. The molecule has 0 unspecified atom stereocenters. The number of nitrogens with zero attached hydrogens (tertiary/aromatic N) is 2. The zero-order chi connectivity index (χ0) is 19.1. The number of allylic oxidation sites excluding steroid dienone is 1. The summed E-state index contributed by atoms with van der Waals surface area (Å²) in [4.78, 5) is 10.8. The molecule has 4 rings (SSSR count). The van der Waals surface area contributed by atoms with Crippen LogP contribution in [0.3, 0.4) is 0 Å². The average Bonchev–Trinajstić information content (AvgIpc) is 2.67. The van der Waals surface area contributed by atoms with E-state index in [1.165, 1.54) is 12.1 Å². The normalized spacial score (nSPS) is 15.8. The molecule has 0 spiro atoms. The number of benzene rings is 3. The highest BCUT2D eigenvalue weighted by Gasteiger charge is 2.33. The number of nitro groups is 1. The number of ether oxygens (including phenoxy) is 1. The minimum atomic E-state index is -0.596. The van der Waals surface area contributed by atoms with Gasteiger partial charge in [-0.1, -0.05) is 48.0 Å². The molecule has 132 valence electrons. The van der Waals surface area contributed by atoms with Crippen molar-refractivity contribution >= 4 is 28.1 Å². The first-order chi connectivity index (χ1) is 13.0. The highest BCUT2D eigenvalue weighted by atomic mass is 35.5. The molecule has 0 bridgehead atoms. The van der Waals surface area contributed by atoms with Gasteiger partial charge in [-0.15, -0.1) is 0 Å². The van der Waals surface area contributed by atoms with Crippen molar-refractivity contribution in [3.05, 3.63) is 92.3 Å². The van der Waals surface area contributed by atoms with Crippen LogP contribution in [0.2, 0.25) is 5.02 Å². The van der Waals surface area contributed by atoms with Gasteiger partial charge in [0.2, 0.25) is 5.88 Å². The zero-order valence-electron chi connectivity index (χ0n) is 13.8.